The van der Waals surface area contributed by atoms with Gasteiger partial charge in [-0.05, 0) is 0 Å². The average molecular weight is 552 g/mol. The summed E-state index contributed by atoms with van der Waals surface area (Å²) in [4.78, 5) is 35.4. The Bertz CT molecular complexity index is 1080. The molecular weight excluding hydrogens is 513 g/mol. The topological polar surface area (TPSA) is 87.6 Å². The van der Waals surface area contributed by atoms with Crippen LogP contribution >= 0.6 is 19.2 Å². The van der Waals surface area contributed by atoms with Gasteiger partial charge >= 0.3 is 231 Å². The summed E-state index contributed by atoms with van der Waals surface area (Å²) in [6.45, 7) is 5.30. The van der Waals surface area contributed by atoms with Crippen molar-refractivity contribution in [2.45, 2.75) is 50.8 Å². The third kappa shape index (κ3) is 7.52. The molecule has 0 aliphatic rings. The van der Waals surface area contributed by atoms with Crippen molar-refractivity contribution in [2.75, 3.05) is 12.7 Å². The van der Waals surface area contributed by atoms with Gasteiger partial charge in [0.15, 0.2) is 0 Å². The first-order valence-electron chi connectivity index (χ1n) is 13.0. The molecule has 0 fully saturated rings. The van der Waals surface area contributed by atoms with Gasteiger partial charge in [0.25, 0.3) is 0 Å². The molecule has 0 aliphatic heterocycles. The number of hydrogen-bond acceptors (Lipinski definition) is 5. The van der Waals surface area contributed by atoms with E-state index in [4.69, 9.17) is 0 Å². The Morgan fingerprint density at radius 1 is 0.816 bits per heavy atom. The van der Waals surface area contributed by atoms with Gasteiger partial charge in [0.05, 0.1) is 0 Å². The number of carbonyl (C=O) groups is 2. The minimum atomic E-state index is -2.25. The van der Waals surface area contributed by atoms with Crippen molar-refractivity contribution in [1.29, 1.82) is 0 Å². The van der Waals surface area contributed by atoms with Crippen LogP contribution in [0.25, 0.3) is 0 Å². The van der Waals surface area contributed by atoms with Gasteiger partial charge in [-0.3, -0.25) is 0 Å². The van der Waals surface area contributed by atoms with Crippen LogP contribution in [0.15, 0.2) is 95.6 Å². The molecule has 0 saturated heterocycles. The van der Waals surface area contributed by atoms with Crippen LogP contribution in [0.1, 0.15) is 40.0 Å². The second-order valence-corrected chi connectivity index (χ2v) is 15.4. The zero-order valence-corrected chi connectivity index (χ0v) is 24.2. The van der Waals surface area contributed by atoms with Crippen LogP contribution < -0.4 is 26.5 Å². The fourth-order valence-electron chi connectivity index (χ4n) is 5.01. The standard InChI is InChI=1S/C30H38N3O3PS/c1-24(34)32-28(30(2,3)38-33-36)29(35)31-22-14-7-15-23-37(25-16-8-4-9-17-25,26-18-10-5-11-19-26)27-20-12-6-13-21-27/h4-6,8-13,16-21,28,37H,7,14-15,22-23H2,1-3H3,(H,31,35)(H,32,34). The predicted octanol–water partition coefficient (Wildman–Crippen LogP) is 4.70. The van der Waals surface area contributed by atoms with Crippen LogP contribution in [0.5, 0.6) is 0 Å². The predicted molar refractivity (Wildman–Crippen MR) is 163 cm³/mol. The van der Waals surface area contributed by atoms with E-state index in [9.17, 15) is 14.5 Å². The van der Waals surface area contributed by atoms with Gasteiger partial charge in [-0.25, -0.2) is 0 Å². The second-order valence-electron chi connectivity index (χ2n) is 10.0. The Hall–Kier alpha value is -3.02. The molecular formula is C30H38N3O3PS. The van der Waals surface area contributed by atoms with Gasteiger partial charge in [-0.15, -0.1) is 0 Å². The van der Waals surface area contributed by atoms with Crippen LogP contribution in [-0.4, -0.2) is 35.3 Å². The van der Waals surface area contributed by atoms with Crippen LogP contribution in [-0.2, 0) is 9.59 Å². The Balaban J connectivity index is 1.70. The molecule has 6 nitrogen and oxygen atoms in total. The Kier molecular flexibility index (Phi) is 11.1. The quantitative estimate of drug-likeness (QED) is 0.132. The van der Waals surface area contributed by atoms with Crippen molar-refractivity contribution < 1.29 is 9.59 Å². The van der Waals surface area contributed by atoms with Gasteiger partial charge < -0.3 is 0 Å². The van der Waals surface area contributed by atoms with E-state index < -0.39 is 18.1 Å². The molecule has 38 heavy (non-hydrogen) atoms. The summed E-state index contributed by atoms with van der Waals surface area (Å²) in [6.07, 6.45) is 3.86. The fraction of sp³-hybridized carbons (Fsp3) is 0.333. The van der Waals surface area contributed by atoms with Crippen LogP contribution in [0.4, 0.5) is 0 Å². The van der Waals surface area contributed by atoms with Crippen molar-refractivity contribution in [1.82, 2.24) is 10.6 Å². The molecule has 3 aromatic rings. The van der Waals surface area contributed by atoms with Gasteiger partial charge in [0, 0.05) is 0 Å². The van der Waals surface area contributed by atoms with E-state index in [0.717, 1.165) is 37.4 Å². The van der Waals surface area contributed by atoms with E-state index in [1.807, 2.05) is 0 Å². The van der Waals surface area contributed by atoms with E-state index in [1.54, 1.807) is 13.8 Å². The molecule has 1 atom stereocenters. The number of nitrogens with zero attached hydrogens (tertiary/aromatic N) is 1. The molecule has 0 spiro atoms. The molecule has 3 aromatic carbocycles. The molecule has 202 valence electrons. The third-order valence-electron chi connectivity index (χ3n) is 6.91. The Morgan fingerprint density at radius 3 is 1.71 bits per heavy atom. The Morgan fingerprint density at radius 2 is 1.29 bits per heavy atom. The van der Waals surface area contributed by atoms with Crippen LogP contribution in [0.2, 0.25) is 0 Å². The summed E-state index contributed by atoms with van der Waals surface area (Å²) in [5.41, 5.74) is 0. The van der Waals surface area contributed by atoms with E-state index in [0.29, 0.717) is 6.54 Å². The van der Waals surface area contributed by atoms with Crippen molar-refractivity contribution >= 4 is 46.9 Å². The number of benzene rings is 3. The van der Waals surface area contributed by atoms with Crippen LogP contribution in [0.3, 0.4) is 0 Å². The molecule has 0 aliphatic carbocycles. The number of carbonyl (C=O) groups excluding carboxylic acids is 2. The number of hydrogen-bond donors (Lipinski definition) is 2. The molecule has 0 bridgehead atoms. The maximum absolute atomic E-state index is 12.9. The number of amides is 2. The van der Waals surface area contributed by atoms with Gasteiger partial charge in [-0.2, -0.15) is 0 Å². The molecule has 3 rings (SSSR count). The summed E-state index contributed by atoms with van der Waals surface area (Å²) in [5, 5.41) is 9.80. The Labute approximate surface area is 230 Å². The first-order chi connectivity index (χ1) is 18.3. The fourth-order valence-corrected chi connectivity index (χ4v) is 10.4. The van der Waals surface area contributed by atoms with Crippen LogP contribution in [0, 0.1) is 4.91 Å². The van der Waals surface area contributed by atoms with E-state index in [1.165, 1.54) is 22.8 Å². The monoisotopic (exact) mass is 551 g/mol. The third-order valence-corrected chi connectivity index (χ3v) is 12.7. The summed E-state index contributed by atoms with van der Waals surface area (Å²) in [7, 11) is -2.25. The first kappa shape index (κ1) is 29.5. The van der Waals surface area contributed by atoms with Crippen molar-refractivity contribution in [3.05, 3.63) is 95.9 Å². The summed E-state index contributed by atoms with van der Waals surface area (Å²) in [5.74, 6) is -0.628. The van der Waals surface area contributed by atoms with E-state index in [-0.39, 0.29) is 11.8 Å². The SMILES string of the molecule is CC(=O)NC(C(=O)NCCCCC[PH](c1ccccc1)(c1ccccc1)c1ccccc1)C(C)(C)SN=O. The number of nitrogens with one attached hydrogen (secondary N) is 2. The van der Waals surface area contributed by atoms with Gasteiger partial charge in [0.2, 0.25) is 0 Å². The van der Waals surface area contributed by atoms with Crippen molar-refractivity contribution in [3.8, 4) is 0 Å². The zero-order valence-electron chi connectivity index (χ0n) is 22.4. The average Bonchev–Trinajstić information content (AvgIpc) is 2.92. The van der Waals surface area contributed by atoms with E-state index >= 15 is 0 Å². The minimum absolute atomic E-state index is 0.303. The molecule has 1 unspecified atom stereocenters. The molecule has 0 aromatic heterocycles. The summed E-state index contributed by atoms with van der Waals surface area (Å²) >= 11 is 0.754. The van der Waals surface area contributed by atoms with Gasteiger partial charge in [0.1, 0.15) is 0 Å². The van der Waals surface area contributed by atoms with E-state index in [2.05, 4.69) is 106 Å². The van der Waals surface area contributed by atoms with Crippen molar-refractivity contribution in [3.63, 3.8) is 0 Å². The molecule has 0 heterocycles. The number of nitroso groups, excluding NO2 is 1. The molecule has 0 radical (unpaired) electrons. The molecule has 8 heteroatoms. The molecule has 0 saturated carbocycles. The zero-order chi connectivity index (χ0) is 27.4. The van der Waals surface area contributed by atoms with Gasteiger partial charge in [-0.1, -0.05) is 0 Å². The van der Waals surface area contributed by atoms with Crippen molar-refractivity contribution in [2.24, 2.45) is 4.58 Å². The summed E-state index contributed by atoms with van der Waals surface area (Å²) < 4.78 is 2.02. The number of rotatable bonds is 14. The first-order valence-corrected chi connectivity index (χ1v) is 16.0. The normalized spacial score (nSPS) is 12.8. The maximum atomic E-state index is 12.9. The summed E-state index contributed by atoms with van der Waals surface area (Å²) in [6, 6.07) is 31.7. The molecule has 2 N–H and O–H groups in total. The molecule has 2 amide bonds. The number of unbranched alkanes of at least 4 members (excludes halogenated alkanes) is 2. The second kappa shape index (κ2) is 14.2.